The Hall–Kier alpha value is -2.00. The lowest BCUT2D eigenvalue weighted by molar-refractivity contribution is -0.137. The minimum atomic E-state index is -0.948. The topological polar surface area (TPSA) is 156 Å². The summed E-state index contributed by atoms with van der Waals surface area (Å²) < 4.78 is 0. The van der Waals surface area contributed by atoms with Gasteiger partial charge in [-0.15, -0.1) is 0 Å². The van der Waals surface area contributed by atoms with Crippen LogP contribution in [0.2, 0.25) is 0 Å². The monoisotopic (exact) mass is 683 g/mol. The Balaban J connectivity index is 0. The molecule has 8 nitrogen and oxygen atoms in total. The molecule has 0 rings (SSSR count). The Morgan fingerprint density at radius 3 is 1.33 bits per heavy atom. The molecule has 0 bridgehead atoms. The highest BCUT2D eigenvalue weighted by Gasteiger charge is 2.07. The number of rotatable bonds is 33. The zero-order chi connectivity index (χ0) is 36.1. The second-order valence-corrected chi connectivity index (χ2v) is 13.3. The maximum absolute atomic E-state index is 10.4. The van der Waals surface area contributed by atoms with Crippen LogP contribution in [0.15, 0.2) is 36.5 Å². The molecule has 0 aromatic heterocycles. The van der Waals surface area contributed by atoms with Crippen LogP contribution in [-0.2, 0) is 9.59 Å². The van der Waals surface area contributed by atoms with Crippen molar-refractivity contribution < 1.29 is 40.2 Å². The van der Waals surface area contributed by atoms with Crippen molar-refractivity contribution in [3.05, 3.63) is 36.5 Å². The number of carbonyl (C=O) groups is 2. The maximum atomic E-state index is 10.4. The van der Waals surface area contributed by atoms with Crippen molar-refractivity contribution >= 4 is 11.9 Å². The van der Waals surface area contributed by atoms with Crippen LogP contribution in [0.25, 0.3) is 0 Å². The molecule has 4 unspecified atom stereocenters. The number of aliphatic hydroxyl groups is 4. The van der Waals surface area contributed by atoms with E-state index in [9.17, 15) is 30.0 Å². The van der Waals surface area contributed by atoms with Gasteiger partial charge in [-0.3, -0.25) is 4.79 Å². The van der Waals surface area contributed by atoms with E-state index in [1.165, 1.54) is 38.2 Å². The van der Waals surface area contributed by atoms with E-state index in [1.54, 1.807) is 12.2 Å². The Labute approximate surface area is 293 Å². The van der Waals surface area contributed by atoms with Crippen LogP contribution in [0.5, 0.6) is 0 Å². The van der Waals surface area contributed by atoms with E-state index in [1.807, 2.05) is 19.1 Å². The van der Waals surface area contributed by atoms with Gasteiger partial charge in [-0.1, -0.05) is 134 Å². The van der Waals surface area contributed by atoms with Crippen molar-refractivity contribution in [1.29, 1.82) is 0 Å². The minimum absolute atomic E-state index is 0.147. The molecule has 282 valence electrons. The van der Waals surface area contributed by atoms with Gasteiger partial charge < -0.3 is 30.6 Å². The normalized spacial score (nSPS) is 14.3. The van der Waals surface area contributed by atoms with E-state index >= 15 is 0 Å². The number of hydrogen-bond acceptors (Lipinski definition) is 6. The molecule has 0 aromatic carbocycles. The van der Waals surface area contributed by atoms with E-state index < -0.39 is 11.9 Å². The third kappa shape index (κ3) is 42.0. The summed E-state index contributed by atoms with van der Waals surface area (Å²) in [5.41, 5.74) is 0. The summed E-state index contributed by atoms with van der Waals surface area (Å²) in [6, 6.07) is 0. The second kappa shape index (κ2) is 37.8. The molecule has 0 fully saturated rings. The summed E-state index contributed by atoms with van der Waals surface area (Å²) >= 11 is 0. The Morgan fingerprint density at radius 1 is 0.479 bits per heavy atom. The Bertz CT molecular complexity index is 794. The van der Waals surface area contributed by atoms with Crippen molar-refractivity contribution in [3.8, 4) is 0 Å². The van der Waals surface area contributed by atoms with Crippen molar-refractivity contribution in [2.24, 2.45) is 0 Å². The fourth-order valence-corrected chi connectivity index (χ4v) is 5.42. The van der Waals surface area contributed by atoms with Gasteiger partial charge in [0.15, 0.2) is 0 Å². The van der Waals surface area contributed by atoms with Crippen molar-refractivity contribution in [1.82, 2.24) is 0 Å². The van der Waals surface area contributed by atoms with Crippen LogP contribution in [0.3, 0.4) is 0 Å². The molecule has 0 aromatic rings. The van der Waals surface area contributed by atoms with Gasteiger partial charge >= 0.3 is 11.9 Å². The average Bonchev–Trinajstić information content (AvgIpc) is 3.05. The van der Waals surface area contributed by atoms with Gasteiger partial charge in [0.2, 0.25) is 0 Å². The van der Waals surface area contributed by atoms with Crippen LogP contribution in [-0.4, -0.2) is 67.0 Å². The molecule has 0 amide bonds. The van der Waals surface area contributed by atoms with Crippen molar-refractivity contribution in [2.75, 3.05) is 0 Å². The maximum Gasteiger partial charge on any atom is 0.328 e. The van der Waals surface area contributed by atoms with E-state index in [0.717, 1.165) is 122 Å². The molecule has 0 aliphatic heterocycles. The van der Waals surface area contributed by atoms with Crippen molar-refractivity contribution in [3.63, 3.8) is 0 Å². The zero-order valence-corrected chi connectivity index (χ0v) is 30.7. The molecule has 6 N–H and O–H groups in total. The lowest BCUT2D eigenvalue weighted by Gasteiger charge is -2.12. The lowest BCUT2D eigenvalue weighted by Crippen LogP contribution is -2.08. The fourth-order valence-electron chi connectivity index (χ4n) is 5.42. The van der Waals surface area contributed by atoms with Gasteiger partial charge in [0.25, 0.3) is 0 Å². The Morgan fingerprint density at radius 2 is 0.875 bits per heavy atom. The van der Waals surface area contributed by atoms with Gasteiger partial charge in [-0.25, -0.2) is 4.79 Å². The molecule has 48 heavy (non-hydrogen) atoms. The smallest absolute Gasteiger partial charge is 0.328 e. The van der Waals surface area contributed by atoms with Crippen LogP contribution >= 0.6 is 0 Å². The second-order valence-electron chi connectivity index (χ2n) is 13.3. The quantitative estimate of drug-likeness (QED) is 0.0227. The predicted molar refractivity (Wildman–Crippen MR) is 198 cm³/mol. The highest BCUT2D eigenvalue weighted by Crippen LogP contribution is 2.16. The number of hydrogen-bond donors (Lipinski definition) is 6. The Kier molecular flexibility index (Phi) is 37.9. The zero-order valence-electron chi connectivity index (χ0n) is 30.7. The summed E-state index contributed by atoms with van der Waals surface area (Å²) in [7, 11) is 0. The molecule has 4 atom stereocenters. The van der Waals surface area contributed by atoms with Gasteiger partial charge in [0.1, 0.15) is 0 Å². The molecule has 0 aliphatic rings. The molecule has 0 heterocycles. The van der Waals surface area contributed by atoms with E-state index in [4.69, 9.17) is 10.2 Å². The van der Waals surface area contributed by atoms with Gasteiger partial charge in [-0.2, -0.15) is 0 Å². The molecule has 0 saturated carbocycles. The van der Waals surface area contributed by atoms with Crippen LogP contribution in [0, 0.1) is 0 Å². The molecule has 0 spiro atoms. The summed E-state index contributed by atoms with van der Waals surface area (Å²) in [5, 5.41) is 56.1. The first-order chi connectivity index (χ1) is 23.1. The highest BCUT2D eigenvalue weighted by molar-refractivity contribution is 5.80. The summed E-state index contributed by atoms with van der Waals surface area (Å²) in [4.78, 5) is 20.6. The first-order valence-corrected chi connectivity index (χ1v) is 19.3. The number of aliphatic hydroxyl groups excluding tert-OH is 4. The van der Waals surface area contributed by atoms with Crippen LogP contribution in [0.1, 0.15) is 181 Å². The van der Waals surface area contributed by atoms with Gasteiger partial charge in [-0.05, 0) is 70.6 Å². The molecular formula is C40H74O8. The minimum Gasteiger partial charge on any atom is -0.481 e. The number of allylic oxidation sites excluding steroid dienone is 5. The van der Waals surface area contributed by atoms with Crippen LogP contribution in [0.4, 0.5) is 0 Å². The van der Waals surface area contributed by atoms with Crippen molar-refractivity contribution in [2.45, 2.75) is 205 Å². The first kappa shape index (κ1) is 48.1. The van der Waals surface area contributed by atoms with Crippen LogP contribution < -0.4 is 0 Å². The lowest BCUT2D eigenvalue weighted by atomic mass is 10.0. The summed E-state index contributed by atoms with van der Waals surface area (Å²) in [6.45, 7) is 4.23. The average molecular weight is 683 g/mol. The molecule has 0 radical (unpaired) electrons. The summed E-state index contributed by atoms with van der Waals surface area (Å²) in [5.74, 6) is -1.71. The van der Waals surface area contributed by atoms with Gasteiger partial charge in [0, 0.05) is 12.5 Å². The molecule has 0 saturated heterocycles. The fraction of sp³-hybridized carbons (Fsp3) is 0.800. The number of carboxylic acids is 2. The highest BCUT2D eigenvalue weighted by atomic mass is 16.4. The third-order valence-electron chi connectivity index (χ3n) is 8.56. The predicted octanol–water partition coefficient (Wildman–Crippen LogP) is 9.44. The number of unbranched alkanes of at least 4 members (excludes halogenated alkanes) is 12. The number of carboxylic acid groups (broad SMARTS) is 2. The summed E-state index contributed by atoms with van der Waals surface area (Å²) in [6.07, 6.45) is 34.4. The van der Waals surface area contributed by atoms with E-state index in [2.05, 4.69) is 6.92 Å². The standard InChI is InChI=1S/C20H34O4.C20H40O4/c1-2-18(21)14-10-8-9-12-16-19(22)15-11-6-4-3-5-7-13-17-20(23)24;1-2-3-4-5-6-8-13-18(21)14-9-7-10-15-19(22)16-11-12-17-20(23)24/h3-5,7,13,17-19,21-22H,2,6,8-12,14-16H2,1H3,(H,23,24);18-19,21-22H,2-17H2,1H3,(H,23,24)/b4-3+,7-5+,17-13+;. The molecular weight excluding hydrogens is 608 g/mol. The van der Waals surface area contributed by atoms with E-state index in [-0.39, 0.29) is 30.8 Å². The SMILES string of the molecule is CCC(O)CCCCCCC(O)CCC/C=C/C=C/C=C/C(=O)O.CCCCCCCCC(O)CCCCCC(O)CCCCC(=O)O. The van der Waals surface area contributed by atoms with E-state index in [0.29, 0.717) is 12.8 Å². The number of aliphatic carboxylic acids is 2. The van der Waals surface area contributed by atoms with Gasteiger partial charge in [0.05, 0.1) is 24.4 Å². The molecule has 0 aliphatic carbocycles. The first-order valence-electron chi connectivity index (χ1n) is 19.3. The third-order valence-corrected chi connectivity index (χ3v) is 8.56. The molecule has 8 heteroatoms. The largest absolute Gasteiger partial charge is 0.481 e.